The van der Waals surface area contributed by atoms with Gasteiger partial charge in [-0.25, -0.2) is 0 Å². The molecule has 0 heterocycles. The molecule has 0 aromatic heterocycles. The van der Waals surface area contributed by atoms with Gasteiger partial charge in [0.15, 0.2) is 5.78 Å². The third-order valence-corrected chi connectivity index (χ3v) is 2.75. The van der Waals surface area contributed by atoms with Crippen molar-refractivity contribution in [3.05, 3.63) is 39.6 Å². The van der Waals surface area contributed by atoms with E-state index in [4.69, 9.17) is 23.2 Å². The number of halogens is 2. The largest absolute Gasteiger partial charge is 0.512 e. The Hall–Kier alpha value is -1.32. The van der Waals surface area contributed by atoms with E-state index in [1.54, 1.807) is 18.2 Å². The summed E-state index contributed by atoms with van der Waals surface area (Å²) < 4.78 is 0. The standard InChI is InChI=1S/C12H11Cl2NO2/c1-7(16)10(8(2)17)6-15-9-3-4-11(13)12(14)5-9/h3-6,16H,1-2H3. The predicted molar refractivity (Wildman–Crippen MR) is 70.6 cm³/mol. The smallest absolute Gasteiger partial charge is 0.164 e. The average Bonchev–Trinajstić information content (AvgIpc) is 2.22. The van der Waals surface area contributed by atoms with Crippen LogP contribution in [0.25, 0.3) is 0 Å². The normalized spacial score (nSPS) is 12.7. The van der Waals surface area contributed by atoms with Gasteiger partial charge in [-0.05, 0) is 32.0 Å². The van der Waals surface area contributed by atoms with Gasteiger partial charge in [0.2, 0.25) is 0 Å². The van der Waals surface area contributed by atoms with Gasteiger partial charge in [0.05, 0.1) is 21.3 Å². The maximum Gasteiger partial charge on any atom is 0.164 e. The summed E-state index contributed by atoms with van der Waals surface area (Å²) in [5.41, 5.74) is 0.718. The van der Waals surface area contributed by atoms with Crippen LogP contribution in [-0.2, 0) is 4.79 Å². The van der Waals surface area contributed by atoms with Gasteiger partial charge in [0.1, 0.15) is 5.76 Å². The molecule has 1 N–H and O–H groups in total. The van der Waals surface area contributed by atoms with E-state index in [-0.39, 0.29) is 17.1 Å². The van der Waals surface area contributed by atoms with Crippen LogP contribution in [0.5, 0.6) is 0 Å². The number of carbonyl (C=O) groups is 1. The number of aliphatic hydroxyl groups excluding tert-OH is 1. The van der Waals surface area contributed by atoms with Gasteiger partial charge < -0.3 is 5.11 Å². The van der Waals surface area contributed by atoms with Gasteiger partial charge in [-0.1, -0.05) is 23.2 Å². The number of aliphatic imine (C=N–C) groups is 1. The van der Waals surface area contributed by atoms with Crippen LogP contribution in [0, 0.1) is 0 Å². The second-order valence-electron chi connectivity index (χ2n) is 3.41. The minimum absolute atomic E-state index is 0.0682. The molecule has 0 fully saturated rings. The Morgan fingerprint density at radius 3 is 2.41 bits per heavy atom. The van der Waals surface area contributed by atoms with Gasteiger partial charge in [-0.2, -0.15) is 0 Å². The molecular formula is C12H11Cl2NO2. The van der Waals surface area contributed by atoms with Crippen LogP contribution in [0.3, 0.4) is 0 Å². The highest BCUT2D eigenvalue weighted by Gasteiger charge is 2.05. The van der Waals surface area contributed by atoms with Crippen LogP contribution in [0.4, 0.5) is 5.69 Å². The third kappa shape index (κ3) is 3.88. The number of allylic oxidation sites excluding steroid dienone is 2. The zero-order valence-electron chi connectivity index (χ0n) is 9.37. The van der Waals surface area contributed by atoms with Crippen molar-refractivity contribution in [2.45, 2.75) is 13.8 Å². The van der Waals surface area contributed by atoms with E-state index < -0.39 is 0 Å². The molecule has 17 heavy (non-hydrogen) atoms. The summed E-state index contributed by atoms with van der Waals surface area (Å²) in [6, 6.07) is 4.85. The SMILES string of the molecule is CC(=O)C(C=Nc1ccc(Cl)c(Cl)c1)=C(C)O. The molecule has 0 bridgehead atoms. The fourth-order valence-corrected chi connectivity index (χ4v) is 1.44. The quantitative estimate of drug-likeness (QED) is 0.511. The molecular weight excluding hydrogens is 261 g/mol. The monoisotopic (exact) mass is 271 g/mol. The first-order valence-corrected chi connectivity index (χ1v) is 5.57. The summed E-state index contributed by atoms with van der Waals surface area (Å²) in [5.74, 6) is -0.324. The Morgan fingerprint density at radius 2 is 1.94 bits per heavy atom. The van der Waals surface area contributed by atoms with Crippen LogP contribution < -0.4 is 0 Å². The summed E-state index contributed by atoms with van der Waals surface area (Å²) in [6.45, 7) is 2.79. The highest BCUT2D eigenvalue weighted by Crippen LogP contribution is 2.26. The summed E-state index contributed by atoms with van der Waals surface area (Å²) in [7, 11) is 0. The molecule has 0 amide bonds. The predicted octanol–water partition coefficient (Wildman–Crippen LogP) is 4.12. The van der Waals surface area contributed by atoms with E-state index in [2.05, 4.69) is 4.99 Å². The van der Waals surface area contributed by atoms with E-state index in [1.165, 1.54) is 20.1 Å². The lowest BCUT2D eigenvalue weighted by Crippen LogP contribution is -2.01. The molecule has 1 aromatic carbocycles. The van der Waals surface area contributed by atoms with E-state index >= 15 is 0 Å². The van der Waals surface area contributed by atoms with Crippen LogP contribution >= 0.6 is 23.2 Å². The van der Waals surface area contributed by atoms with Gasteiger partial charge in [0, 0.05) is 6.21 Å². The van der Waals surface area contributed by atoms with Crippen molar-refractivity contribution in [1.82, 2.24) is 0 Å². The van der Waals surface area contributed by atoms with Crippen molar-refractivity contribution in [2.75, 3.05) is 0 Å². The lowest BCUT2D eigenvalue weighted by atomic mass is 10.2. The molecule has 90 valence electrons. The number of aliphatic hydroxyl groups is 1. The molecule has 5 heteroatoms. The lowest BCUT2D eigenvalue weighted by Gasteiger charge is -1.99. The second-order valence-corrected chi connectivity index (χ2v) is 4.23. The third-order valence-electron chi connectivity index (χ3n) is 2.01. The van der Waals surface area contributed by atoms with E-state index in [9.17, 15) is 9.90 Å². The molecule has 0 atom stereocenters. The number of hydrogen-bond donors (Lipinski definition) is 1. The fraction of sp³-hybridized carbons (Fsp3) is 0.167. The van der Waals surface area contributed by atoms with Crippen molar-refractivity contribution in [3.63, 3.8) is 0 Å². The van der Waals surface area contributed by atoms with Gasteiger partial charge >= 0.3 is 0 Å². The number of carbonyl (C=O) groups excluding carboxylic acids is 1. The summed E-state index contributed by atoms with van der Waals surface area (Å²) >= 11 is 11.6. The van der Waals surface area contributed by atoms with Gasteiger partial charge in [0.25, 0.3) is 0 Å². The number of hydrogen-bond acceptors (Lipinski definition) is 3. The Labute approximate surface area is 109 Å². The highest BCUT2D eigenvalue weighted by atomic mass is 35.5. The minimum atomic E-state index is -0.256. The number of ketones is 1. The van der Waals surface area contributed by atoms with Gasteiger partial charge in [-0.15, -0.1) is 0 Å². The molecule has 1 aromatic rings. The number of rotatable bonds is 3. The summed E-state index contributed by atoms with van der Waals surface area (Å²) in [4.78, 5) is 15.2. The maximum absolute atomic E-state index is 11.2. The summed E-state index contributed by atoms with van der Waals surface area (Å²) in [5, 5.41) is 10.1. The zero-order chi connectivity index (χ0) is 13.0. The molecule has 0 aliphatic rings. The Bertz CT molecular complexity index is 503. The molecule has 0 aliphatic carbocycles. The topological polar surface area (TPSA) is 49.7 Å². The lowest BCUT2D eigenvalue weighted by molar-refractivity contribution is -0.113. The minimum Gasteiger partial charge on any atom is -0.512 e. The molecule has 0 saturated heterocycles. The van der Waals surface area contributed by atoms with Crippen LogP contribution in [0.2, 0.25) is 10.0 Å². The van der Waals surface area contributed by atoms with E-state index in [0.29, 0.717) is 15.7 Å². The van der Waals surface area contributed by atoms with Crippen molar-refractivity contribution in [3.8, 4) is 0 Å². The van der Waals surface area contributed by atoms with Crippen molar-refractivity contribution in [2.24, 2.45) is 4.99 Å². The molecule has 0 radical (unpaired) electrons. The van der Waals surface area contributed by atoms with Crippen molar-refractivity contribution in [1.29, 1.82) is 0 Å². The molecule has 0 unspecified atom stereocenters. The first kappa shape index (κ1) is 13.7. The summed E-state index contributed by atoms with van der Waals surface area (Å²) in [6.07, 6.45) is 1.30. The Balaban J connectivity index is 3.01. The van der Waals surface area contributed by atoms with E-state index in [1.807, 2.05) is 0 Å². The average molecular weight is 272 g/mol. The first-order valence-electron chi connectivity index (χ1n) is 4.81. The maximum atomic E-state index is 11.2. The zero-order valence-corrected chi connectivity index (χ0v) is 10.9. The van der Waals surface area contributed by atoms with Crippen molar-refractivity contribution >= 4 is 40.9 Å². The number of nitrogens with zero attached hydrogens (tertiary/aromatic N) is 1. The fourth-order valence-electron chi connectivity index (χ4n) is 1.14. The Morgan fingerprint density at radius 1 is 1.29 bits per heavy atom. The van der Waals surface area contributed by atoms with Crippen LogP contribution in [0.15, 0.2) is 34.5 Å². The molecule has 1 rings (SSSR count). The number of benzene rings is 1. The first-order chi connectivity index (χ1) is 7.91. The Kier molecular flexibility index (Phi) is 4.73. The molecule has 0 saturated carbocycles. The van der Waals surface area contributed by atoms with E-state index in [0.717, 1.165) is 0 Å². The molecule has 0 spiro atoms. The second kappa shape index (κ2) is 5.84. The molecule has 3 nitrogen and oxygen atoms in total. The van der Waals surface area contributed by atoms with Crippen LogP contribution in [0.1, 0.15) is 13.8 Å². The highest BCUT2D eigenvalue weighted by molar-refractivity contribution is 6.42. The number of Topliss-reactive ketones (excluding diaryl/α,β-unsaturated/α-hetero) is 1. The van der Waals surface area contributed by atoms with Crippen molar-refractivity contribution < 1.29 is 9.90 Å². The molecule has 0 aliphatic heterocycles. The van der Waals surface area contributed by atoms with Gasteiger partial charge in [-0.3, -0.25) is 9.79 Å². The van der Waals surface area contributed by atoms with Crippen LogP contribution in [-0.4, -0.2) is 17.1 Å².